The second-order valence-electron chi connectivity index (χ2n) is 7.16. The van der Waals surface area contributed by atoms with Crippen molar-refractivity contribution < 1.29 is 18.8 Å². The largest absolute Gasteiger partial charge is 0.339 e. The average molecular weight is 361 g/mol. The number of nitrogens with one attached hydrogen (secondary N) is 1. The third kappa shape index (κ3) is 3.30. The molecule has 1 aromatic rings. The van der Waals surface area contributed by atoms with E-state index in [0.29, 0.717) is 12.8 Å². The van der Waals surface area contributed by atoms with E-state index >= 15 is 0 Å². The van der Waals surface area contributed by atoms with Gasteiger partial charge in [-0.15, -0.1) is 0 Å². The van der Waals surface area contributed by atoms with Crippen molar-refractivity contribution in [1.29, 1.82) is 0 Å². The molecule has 1 saturated carbocycles. The van der Waals surface area contributed by atoms with Crippen LogP contribution in [-0.2, 0) is 9.59 Å². The average Bonchev–Trinajstić information content (AvgIpc) is 3.18. The van der Waals surface area contributed by atoms with Gasteiger partial charge < -0.3 is 10.2 Å². The first-order chi connectivity index (χ1) is 12.3. The Labute approximate surface area is 152 Å². The number of carbonyl (C=O) groups is 3. The summed E-state index contributed by atoms with van der Waals surface area (Å²) in [7, 11) is 1.67. The van der Waals surface area contributed by atoms with Crippen LogP contribution in [0.2, 0.25) is 0 Å². The van der Waals surface area contributed by atoms with Crippen LogP contribution in [0.1, 0.15) is 50.6 Å². The number of benzene rings is 1. The highest BCUT2D eigenvalue weighted by molar-refractivity contribution is 6.07. The second kappa shape index (κ2) is 7.05. The fraction of sp³-hybridized carbons (Fsp3) is 0.526. The molecule has 4 amide bonds. The number of urea groups is 1. The first kappa shape index (κ1) is 18.4. The molecule has 1 aliphatic carbocycles. The van der Waals surface area contributed by atoms with Gasteiger partial charge >= 0.3 is 6.03 Å². The Hall–Kier alpha value is -2.44. The van der Waals surface area contributed by atoms with Gasteiger partial charge in [-0.25, -0.2) is 9.18 Å². The molecule has 1 saturated heterocycles. The summed E-state index contributed by atoms with van der Waals surface area (Å²) in [6.07, 6.45) is 3.26. The molecule has 2 aliphatic rings. The molecule has 6 nitrogen and oxygen atoms in total. The van der Waals surface area contributed by atoms with E-state index in [1.165, 1.54) is 17.0 Å². The van der Waals surface area contributed by atoms with Gasteiger partial charge in [-0.1, -0.05) is 25.0 Å². The molecule has 1 unspecified atom stereocenters. The van der Waals surface area contributed by atoms with E-state index in [9.17, 15) is 18.8 Å². The maximum atomic E-state index is 13.0. The highest BCUT2D eigenvalue weighted by Crippen LogP contribution is 2.35. The molecule has 7 heteroatoms. The number of halogens is 1. The fourth-order valence-corrected chi connectivity index (χ4v) is 3.76. The van der Waals surface area contributed by atoms with Gasteiger partial charge in [0.25, 0.3) is 5.91 Å². The number of nitrogens with zero attached hydrogens (tertiary/aromatic N) is 2. The van der Waals surface area contributed by atoms with Crippen LogP contribution in [0.5, 0.6) is 0 Å². The molecule has 1 aliphatic heterocycles. The van der Waals surface area contributed by atoms with Crippen LogP contribution in [0.25, 0.3) is 0 Å². The normalized spacial score (nSPS) is 19.7. The van der Waals surface area contributed by atoms with Gasteiger partial charge in [-0.3, -0.25) is 14.5 Å². The number of rotatable bonds is 5. The van der Waals surface area contributed by atoms with E-state index < -0.39 is 11.6 Å². The van der Waals surface area contributed by atoms with Crippen LogP contribution in [0.15, 0.2) is 24.3 Å². The van der Waals surface area contributed by atoms with Gasteiger partial charge in [0, 0.05) is 20.0 Å². The molecule has 26 heavy (non-hydrogen) atoms. The van der Waals surface area contributed by atoms with Crippen molar-refractivity contribution in [2.24, 2.45) is 0 Å². The molecule has 1 atom stereocenters. The molecule has 1 N–H and O–H groups in total. The van der Waals surface area contributed by atoms with Gasteiger partial charge in [0.15, 0.2) is 0 Å². The number of imide groups is 1. The Balaban J connectivity index is 1.58. The van der Waals surface area contributed by atoms with Crippen LogP contribution < -0.4 is 5.32 Å². The Morgan fingerprint density at radius 1 is 1.27 bits per heavy atom. The van der Waals surface area contributed by atoms with E-state index in [1.54, 1.807) is 24.1 Å². The standard InChI is InChI=1S/C19H24FN3O3/c1-13(14-5-7-15(20)8-6-14)22(2)16(24)9-12-23-17(25)19(21-18(23)26)10-3-4-11-19/h5-8,13H,3-4,9-12H2,1-2H3,(H,21,26). The number of hydrogen-bond acceptors (Lipinski definition) is 3. The molecule has 0 radical (unpaired) electrons. The Morgan fingerprint density at radius 3 is 2.50 bits per heavy atom. The molecule has 1 spiro atoms. The van der Waals surface area contributed by atoms with Crippen molar-refractivity contribution in [2.75, 3.05) is 13.6 Å². The zero-order chi connectivity index (χ0) is 18.9. The van der Waals surface area contributed by atoms with E-state index in [2.05, 4.69) is 5.32 Å². The van der Waals surface area contributed by atoms with E-state index in [4.69, 9.17) is 0 Å². The summed E-state index contributed by atoms with van der Waals surface area (Å²) < 4.78 is 13.0. The molecule has 2 fully saturated rings. The zero-order valence-corrected chi connectivity index (χ0v) is 15.1. The Morgan fingerprint density at radius 2 is 1.88 bits per heavy atom. The Bertz CT molecular complexity index is 713. The van der Waals surface area contributed by atoms with Crippen LogP contribution in [0, 0.1) is 5.82 Å². The predicted octanol–water partition coefficient (Wildman–Crippen LogP) is 2.60. The smallest absolute Gasteiger partial charge is 0.325 e. The summed E-state index contributed by atoms with van der Waals surface area (Å²) in [4.78, 5) is 39.9. The van der Waals surface area contributed by atoms with Crippen molar-refractivity contribution in [3.05, 3.63) is 35.6 Å². The molecule has 1 heterocycles. The lowest BCUT2D eigenvalue weighted by molar-refractivity contribution is -0.134. The minimum Gasteiger partial charge on any atom is -0.339 e. The molecule has 0 bridgehead atoms. The van der Waals surface area contributed by atoms with E-state index in [-0.39, 0.29) is 36.6 Å². The minimum atomic E-state index is -0.743. The lowest BCUT2D eigenvalue weighted by Crippen LogP contribution is -2.44. The van der Waals surface area contributed by atoms with Crippen LogP contribution >= 0.6 is 0 Å². The van der Waals surface area contributed by atoms with Gasteiger partial charge in [0.1, 0.15) is 11.4 Å². The van der Waals surface area contributed by atoms with E-state index in [1.807, 2.05) is 6.92 Å². The number of carbonyl (C=O) groups excluding carboxylic acids is 3. The highest BCUT2D eigenvalue weighted by Gasteiger charge is 2.52. The fourth-order valence-electron chi connectivity index (χ4n) is 3.76. The molecule has 140 valence electrons. The third-order valence-corrected chi connectivity index (χ3v) is 5.58. The summed E-state index contributed by atoms with van der Waals surface area (Å²) in [5.74, 6) is -0.703. The van der Waals surface area contributed by atoms with Crippen molar-refractivity contribution >= 4 is 17.8 Å². The lowest BCUT2D eigenvalue weighted by Gasteiger charge is -2.26. The number of amides is 4. The molecule has 1 aromatic carbocycles. The van der Waals surface area contributed by atoms with Crippen LogP contribution in [0.3, 0.4) is 0 Å². The highest BCUT2D eigenvalue weighted by atomic mass is 19.1. The maximum absolute atomic E-state index is 13.0. The molecular weight excluding hydrogens is 337 g/mol. The van der Waals surface area contributed by atoms with E-state index in [0.717, 1.165) is 18.4 Å². The van der Waals surface area contributed by atoms with Gasteiger partial charge in [-0.2, -0.15) is 0 Å². The maximum Gasteiger partial charge on any atom is 0.325 e. The first-order valence-electron chi connectivity index (χ1n) is 8.99. The van der Waals surface area contributed by atoms with Gasteiger partial charge in [0.05, 0.1) is 6.04 Å². The van der Waals surface area contributed by atoms with Crippen molar-refractivity contribution in [1.82, 2.24) is 15.1 Å². The summed E-state index contributed by atoms with van der Waals surface area (Å²) in [6, 6.07) is 5.37. The third-order valence-electron chi connectivity index (χ3n) is 5.58. The minimum absolute atomic E-state index is 0.0667. The molecule has 3 rings (SSSR count). The monoisotopic (exact) mass is 361 g/mol. The second-order valence-corrected chi connectivity index (χ2v) is 7.16. The lowest BCUT2D eigenvalue weighted by atomic mass is 9.98. The summed E-state index contributed by atoms with van der Waals surface area (Å²) in [6.45, 7) is 1.93. The summed E-state index contributed by atoms with van der Waals surface area (Å²) >= 11 is 0. The predicted molar refractivity (Wildman–Crippen MR) is 93.6 cm³/mol. The first-order valence-corrected chi connectivity index (χ1v) is 8.99. The molecular formula is C19H24FN3O3. The van der Waals surface area contributed by atoms with Crippen molar-refractivity contribution in [2.45, 2.75) is 50.6 Å². The van der Waals surface area contributed by atoms with Gasteiger partial charge in [0.2, 0.25) is 5.91 Å². The quantitative estimate of drug-likeness (QED) is 0.820. The van der Waals surface area contributed by atoms with Crippen molar-refractivity contribution in [3.63, 3.8) is 0 Å². The summed E-state index contributed by atoms with van der Waals surface area (Å²) in [5, 5.41) is 2.81. The topological polar surface area (TPSA) is 69.7 Å². The van der Waals surface area contributed by atoms with Crippen molar-refractivity contribution in [3.8, 4) is 0 Å². The van der Waals surface area contributed by atoms with Crippen LogP contribution in [-0.4, -0.2) is 46.8 Å². The number of hydrogen-bond donors (Lipinski definition) is 1. The summed E-state index contributed by atoms with van der Waals surface area (Å²) in [5.41, 5.74) is 0.0788. The Kier molecular flexibility index (Phi) is 4.98. The SMILES string of the molecule is CC(c1ccc(F)cc1)N(C)C(=O)CCN1C(=O)NC2(CCCC2)C1=O. The van der Waals surface area contributed by atoms with Crippen LogP contribution in [0.4, 0.5) is 9.18 Å². The molecule has 0 aromatic heterocycles. The van der Waals surface area contributed by atoms with Gasteiger partial charge in [-0.05, 0) is 37.5 Å². The zero-order valence-electron chi connectivity index (χ0n) is 15.1.